The third-order valence-electron chi connectivity index (χ3n) is 12.4. The average Bonchev–Trinajstić information content (AvgIpc) is 4.02. The smallest absolute Gasteiger partial charge is 0.240 e. The quantitative estimate of drug-likeness (QED) is 0.168. The van der Waals surface area contributed by atoms with Crippen LogP contribution in [0.1, 0.15) is 0 Å². The molecular weight excluding hydrogens is 787 g/mol. The van der Waals surface area contributed by atoms with Gasteiger partial charge in [0.2, 0.25) is 11.9 Å². The minimum Gasteiger partial charge on any atom is -0.278 e. The normalized spacial score (nSPS) is 11.8. The maximum absolute atomic E-state index is 5.47. The highest BCUT2D eigenvalue weighted by Gasteiger charge is 2.22. The second kappa shape index (κ2) is 14.2. The van der Waals surface area contributed by atoms with E-state index in [0.717, 1.165) is 77.0 Å². The minimum absolute atomic E-state index is 0.552. The van der Waals surface area contributed by atoms with Gasteiger partial charge in [-0.1, -0.05) is 182 Å². The minimum atomic E-state index is 0.552. The molecule has 0 N–H and O–H groups in total. The summed E-state index contributed by atoms with van der Waals surface area (Å²) in [7, 11) is 0. The van der Waals surface area contributed by atoms with Gasteiger partial charge in [0.15, 0.2) is 5.82 Å². The van der Waals surface area contributed by atoms with Crippen molar-refractivity contribution in [1.29, 1.82) is 0 Å². The standard InChI is InChI=1S/C57H35N5S/c1-3-14-36(15-4-1)40-30-32-45-43-18-7-10-23-49(43)61(51(45)34-40)56-58-55(39-28-26-38(27-29-39)42-21-13-22-48-47-20-9-12-25-53(47)63-54(42)48)59-57(60-56)62-50-24-11-8-19-44(50)46-33-31-41(35-52(46)62)37-16-5-2-6-17-37/h1-35H. The molecule has 0 bridgehead atoms. The van der Waals surface area contributed by atoms with Crippen molar-refractivity contribution in [1.82, 2.24) is 24.1 Å². The molecule has 0 aliphatic heterocycles. The number of rotatable bonds is 6. The van der Waals surface area contributed by atoms with Crippen molar-refractivity contribution < 1.29 is 0 Å². The Morgan fingerprint density at radius 3 is 1.35 bits per heavy atom. The number of aromatic nitrogens is 5. The molecule has 13 aromatic rings. The first-order valence-electron chi connectivity index (χ1n) is 21.2. The Hall–Kier alpha value is -8.19. The summed E-state index contributed by atoms with van der Waals surface area (Å²) in [5.74, 6) is 1.70. The third kappa shape index (κ3) is 5.73. The molecule has 0 saturated heterocycles. The predicted octanol–water partition coefficient (Wildman–Crippen LogP) is 15.1. The first-order valence-corrected chi connectivity index (χ1v) is 22.0. The van der Waals surface area contributed by atoms with Crippen LogP contribution in [0.5, 0.6) is 0 Å². The molecule has 5 nitrogen and oxygen atoms in total. The fourth-order valence-corrected chi connectivity index (χ4v) is 10.7. The van der Waals surface area contributed by atoms with E-state index in [1.165, 1.54) is 25.7 Å². The summed E-state index contributed by atoms with van der Waals surface area (Å²) in [6.45, 7) is 0. The Balaban J connectivity index is 1.06. The Morgan fingerprint density at radius 2 is 0.762 bits per heavy atom. The number of thiophene rings is 1. The van der Waals surface area contributed by atoms with E-state index in [4.69, 9.17) is 15.0 Å². The van der Waals surface area contributed by atoms with Gasteiger partial charge in [0.25, 0.3) is 0 Å². The first kappa shape index (κ1) is 35.6. The third-order valence-corrected chi connectivity index (χ3v) is 13.7. The average molecular weight is 822 g/mol. The zero-order chi connectivity index (χ0) is 41.4. The fourth-order valence-electron chi connectivity index (χ4n) is 9.45. The highest BCUT2D eigenvalue weighted by molar-refractivity contribution is 7.26. The lowest BCUT2D eigenvalue weighted by atomic mass is 10.0. The molecule has 6 heteroatoms. The Labute approximate surface area is 366 Å². The van der Waals surface area contributed by atoms with E-state index < -0.39 is 0 Å². The van der Waals surface area contributed by atoms with Crippen LogP contribution < -0.4 is 0 Å². The maximum atomic E-state index is 5.47. The molecule has 4 heterocycles. The van der Waals surface area contributed by atoms with E-state index in [1.807, 2.05) is 11.3 Å². The molecule has 0 amide bonds. The molecule has 0 radical (unpaired) electrons. The summed E-state index contributed by atoms with van der Waals surface area (Å²) >= 11 is 1.85. The molecule has 0 aliphatic carbocycles. The molecule has 13 rings (SSSR count). The molecule has 0 fully saturated rings. The molecule has 0 unspecified atom stereocenters. The van der Waals surface area contributed by atoms with Crippen molar-refractivity contribution in [3.05, 3.63) is 212 Å². The van der Waals surface area contributed by atoms with Crippen LogP contribution in [0, 0.1) is 0 Å². The summed E-state index contributed by atoms with van der Waals surface area (Å²) in [4.78, 5) is 16.3. The van der Waals surface area contributed by atoms with Gasteiger partial charge in [0.1, 0.15) is 0 Å². The molecule has 0 atom stereocenters. The molecular formula is C57H35N5S. The van der Waals surface area contributed by atoms with Crippen LogP contribution in [0.25, 0.3) is 120 Å². The van der Waals surface area contributed by atoms with Gasteiger partial charge in [-0.15, -0.1) is 11.3 Å². The molecule has 0 spiro atoms. The lowest BCUT2D eigenvalue weighted by Gasteiger charge is -2.13. The van der Waals surface area contributed by atoms with Gasteiger partial charge < -0.3 is 0 Å². The van der Waals surface area contributed by atoms with Crippen LogP contribution in [-0.2, 0) is 0 Å². The van der Waals surface area contributed by atoms with E-state index in [9.17, 15) is 0 Å². The molecule has 63 heavy (non-hydrogen) atoms. The summed E-state index contributed by atoms with van der Waals surface area (Å²) in [6, 6.07) is 75.6. The van der Waals surface area contributed by atoms with Crippen molar-refractivity contribution in [2.75, 3.05) is 0 Å². The summed E-state index contributed by atoms with van der Waals surface area (Å²) in [6.07, 6.45) is 0. The van der Waals surface area contributed by atoms with Gasteiger partial charge in [-0.05, 0) is 63.7 Å². The largest absolute Gasteiger partial charge is 0.278 e. The van der Waals surface area contributed by atoms with E-state index in [0.29, 0.717) is 17.7 Å². The highest BCUT2D eigenvalue weighted by Crippen LogP contribution is 2.41. The fraction of sp³-hybridized carbons (Fsp3) is 0. The van der Waals surface area contributed by atoms with Crippen molar-refractivity contribution in [2.45, 2.75) is 0 Å². The summed E-state index contributed by atoms with van der Waals surface area (Å²) in [5.41, 5.74) is 11.9. The van der Waals surface area contributed by atoms with Crippen molar-refractivity contribution in [2.24, 2.45) is 0 Å². The van der Waals surface area contributed by atoms with Crippen molar-refractivity contribution >= 4 is 75.1 Å². The lowest BCUT2D eigenvalue weighted by molar-refractivity contribution is 0.893. The SMILES string of the molecule is c1ccc(-c2ccc3c4ccccc4n(-c4nc(-c5ccc(-c6cccc7c6sc6ccccc67)cc5)nc(-n5c6ccccc6c6ccc(-c7ccccc7)cc65)n4)c3c2)cc1. The van der Waals surface area contributed by atoms with Gasteiger partial charge in [0.05, 0.1) is 22.1 Å². The summed E-state index contributed by atoms with van der Waals surface area (Å²) < 4.78 is 7.01. The molecule has 0 saturated carbocycles. The first-order chi connectivity index (χ1) is 31.2. The van der Waals surface area contributed by atoms with Crippen molar-refractivity contribution in [3.63, 3.8) is 0 Å². The second-order valence-electron chi connectivity index (χ2n) is 16.0. The van der Waals surface area contributed by atoms with Crippen LogP contribution in [0.15, 0.2) is 212 Å². The van der Waals surface area contributed by atoms with E-state index in [-0.39, 0.29) is 0 Å². The van der Waals surface area contributed by atoms with Gasteiger partial charge in [0, 0.05) is 47.3 Å². The molecule has 4 aromatic heterocycles. The van der Waals surface area contributed by atoms with Crippen LogP contribution in [0.3, 0.4) is 0 Å². The second-order valence-corrected chi connectivity index (χ2v) is 17.1. The molecule has 294 valence electrons. The maximum Gasteiger partial charge on any atom is 0.240 e. The number of nitrogens with zero attached hydrogens (tertiary/aromatic N) is 5. The van der Waals surface area contributed by atoms with Crippen LogP contribution in [-0.4, -0.2) is 24.1 Å². The van der Waals surface area contributed by atoms with Crippen LogP contribution in [0.4, 0.5) is 0 Å². The predicted molar refractivity (Wildman–Crippen MR) is 263 cm³/mol. The van der Waals surface area contributed by atoms with Crippen molar-refractivity contribution in [3.8, 4) is 56.7 Å². The monoisotopic (exact) mass is 821 g/mol. The molecule has 0 aliphatic rings. The topological polar surface area (TPSA) is 48.5 Å². The van der Waals surface area contributed by atoms with E-state index >= 15 is 0 Å². The van der Waals surface area contributed by atoms with Gasteiger partial charge in [-0.25, -0.2) is 0 Å². The highest BCUT2D eigenvalue weighted by atomic mass is 32.1. The number of hydrogen-bond donors (Lipinski definition) is 0. The summed E-state index contributed by atoms with van der Waals surface area (Å²) in [5, 5.41) is 7.13. The number of fused-ring (bicyclic) bond motifs is 9. The van der Waals surface area contributed by atoms with Gasteiger partial charge in [-0.3, -0.25) is 9.13 Å². The number of para-hydroxylation sites is 2. The van der Waals surface area contributed by atoms with Crippen LogP contribution in [0.2, 0.25) is 0 Å². The van der Waals surface area contributed by atoms with E-state index in [1.54, 1.807) is 0 Å². The van der Waals surface area contributed by atoms with Crippen LogP contribution >= 0.6 is 11.3 Å². The number of benzene rings is 9. The molecule has 9 aromatic carbocycles. The number of hydrogen-bond acceptors (Lipinski definition) is 4. The van der Waals surface area contributed by atoms with Gasteiger partial charge >= 0.3 is 0 Å². The lowest BCUT2D eigenvalue weighted by Crippen LogP contribution is -2.10. The Kier molecular flexibility index (Phi) is 8.01. The Bertz CT molecular complexity index is 3720. The zero-order valence-corrected chi connectivity index (χ0v) is 34.7. The Morgan fingerprint density at radius 1 is 0.302 bits per heavy atom. The van der Waals surface area contributed by atoms with Gasteiger partial charge in [-0.2, -0.15) is 15.0 Å². The van der Waals surface area contributed by atoms with E-state index in [2.05, 4.69) is 221 Å². The zero-order valence-electron chi connectivity index (χ0n) is 33.9.